The Hall–Kier alpha value is -2.96. The maximum Gasteiger partial charge on any atom is 0.340 e. The lowest BCUT2D eigenvalue weighted by Gasteiger charge is -2.14. The van der Waals surface area contributed by atoms with E-state index in [-0.39, 0.29) is 17.1 Å². The van der Waals surface area contributed by atoms with Crippen molar-refractivity contribution in [2.75, 3.05) is 35.5 Å². The van der Waals surface area contributed by atoms with Gasteiger partial charge in [-0.3, -0.25) is 4.79 Å². The standard InChI is InChI=1S/C18H21NO6/c1-10-14(18(21)25-6)12(17(20)19(10)2)9-11-7-8-13(22-3)16(24-5)15(11)23-4/h7-9H,1-6H3/b12-9-. The van der Waals surface area contributed by atoms with Gasteiger partial charge in [0.2, 0.25) is 5.75 Å². The minimum atomic E-state index is -0.569. The van der Waals surface area contributed by atoms with Crippen molar-refractivity contribution in [2.45, 2.75) is 6.92 Å². The number of hydrogen-bond acceptors (Lipinski definition) is 6. The lowest BCUT2D eigenvalue weighted by atomic mass is 10.0. The fourth-order valence-corrected chi connectivity index (χ4v) is 2.69. The van der Waals surface area contributed by atoms with E-state index in [0.717, 1.165) is 0 Å². The van der Waals surface area contributed by atoms with Crippen LogP contribution in [-0.2, 0) is 14.3 Å². The first-order chi connectivity index (χ1) is 11.9. The Morgan fingerprint density at radius 3 is 2.20 bits per heavy atom. The van der Waals surface area contributed by atoms with Crippen molar-refractivity contribution < 1.29 is 28.5 Å². The monoisotopic (exact) mass is 347 g/mol. The molecule has 0 spiro atoms. The third-order valence-corrected chi connectivity index (χ3v) is 4.09. The molecular formula is C18H21NO6. The van der Waals surface area contributed by atoms with Crippen molar-refractivity contribution in [3.63, 3.8) is 0 Å². The highest BCUT2D eigenvalue weighted by Gasteiger charge is 2.35. The maximum absolute atomic E-state index is 12.5. The van der Waals surface area contributed by atoms with E-state index >= 15 is 0 Å². The van der Waals surface area contributed by atoms with Gasteiger partial charge in [0.1, 0.15) is 0 Å². The molecule has 0 atom stereocenters. The second-order valence-electron chi connectivity index (χ2n) is 5.30. The van der Waals surface area contributed by atoms with Gasteiger partial charge in [-0.1, -0.05) is 0 Å². The van der Waals surface area contributed by atoms with Crippen LogP contribution in [0, 0.1) is 0 Å². The highest BCUT2D eigenvalue weighted by atomic mass is 16.5. The molecule has 1 aromatic carbocycles. The smallest absolute Gasteiger partial charge is 0.340 e. The third kappa shape index (κ3) is 3.05. The Balaban J connectivity index is 2.67. The first-order valence-electron chi connectivity index (χ1n) is 7.49. The van der Waals surface area contributed by atoms with Crippen LogP contribution in [0.4, 0.5) is 0 Å². The van der Waals surface area contributed by atoms with Gasteiger partial charge < -0.3 is 23.8 Å². The minimum absolute atomic E-state index is 0.229. The number of nitrogens with zero attached hydrogens (tertiary/aromatic N) is 1. The van der Waals surface area contributed by atoms with E-state index in [9.17, 15) is 9.59 Å². The molecule has 0 saturated carbocycles. The van der Waals surface area contributed by atoms with Crippen molar-refractivity contribution in [3.8, 4) is 17.2 Å². The van der Waals surface area contributed by atoms with Crippen molar-refractivity contribution in [3.05, 3.63) is 34.5 Å². The van der Waals surface area contributed by atoms with Gasteiger partial charge in [-0.25, -0.2) is 4.79 Å². The molecule has 1 aromatic rings. The second kappa shape index (κ2) is 7.29. The Labute approximate surface area is 146 Å². The molecule has 1 heterocycles. The molecule has 1 aliphatic heterocycles. The van der Waals surface area contributed by atoms with Crippen molar-refractivity contribution in [1.29, 1.82) is 0 Å². The largest absolute Gasteiger partial charge is 0.493 e. The van der Waals surface area contributed by atoms with E-state index in [0.29, 0.717) is 28.5 Å². The van der Waals surface area contributed by atoms with Crippen LogP contribution in [0.1, 0.15) is 12.5 Å². The van der Waals surface area contributed by atoms with Gasteiger partial charge in [0.05, 0.1) is 39.6 Å². The lowest BCUT2D eigenvalue weighted by molar-refractivity contribution is -0.136. The number of benzene rings is 1. The number of carbonyl (C=O) groups excluding carboxylic acids is 2. The van der Waals surface area contributed by atoms with Crippen LogP contribution >= 0.6 is 0 Å². The molecule has 134 valence electrons. The summed E-state index contributed by atoms with van der Waals surface area (Å²) in [5.74, 6) is 0.434. The van der Waals surface area contributed by atoms with Crippen LogP contribution in [0.2, 0.25) is 0 Å². The van der Waals surface area contributed by atoms with Gasteiger partial charge in [0, 0.05) is 18.3 Å². The fourth-order valence-electron chi connectivity index (χ4n) is 2.69. The zero-order chi connectivity index (χ0) is 18.7. The molecule has 0 fully saturated rings. The summed E-state index contributed by atoms with van der Waals surface area (Å²) in [4.78, 5) is 26.1. The Bertz CT molecular complexity index is 778. The summed E-state index contributed by atoms with van der Waals surface area (Å²) in [6.07, 6.45) is 1.59. The van der Waals surface area contributed by atoms with Crippen molar-refractivity contribution in [2.24, 2.45) is 0 Å². The van der Waals surface area contributed by atoms with Gasteiger partial charge in [-0.2, -0.15) is 0 Å². The van der Waals surface area contributed by atoms with Crippen LogP contribution in [0.15, 0.2) is 29.0 Å². The van der Waals surface area contributed by atoms with Crippen molar-refractivity contribution >= 4 is 18.0 Å². The van der Waals surface area contributed by atoms with E-state index in [1.54, 1.807) is 32.2 Å². The van der Waals surface area contributed by atoms with Gasteiger partial charge in [0.25, 0.3) is 5.91 Å². The van der Waals surface area contributed by atoms with Gasteiger partial charge >= 0.3 is 5.97 Å². The first kappa shape index (κ1) is 18.4. The van der Waals surface area contributed by atoms with Crippen molar-refractivity contribution in [1.82, 2.24) is 4.90 Å². The number of ether oxygens (including phenoxy) is 4. The van der Waals surface area contributed by atoms with Gasteiger partial charge in [-0.05, 0) is 25.1 Å². The number of amides is 1. The predicted octanol–water partition coefficient (Wildman–Crippen LogP) is 2.01. The van der Waals surface area contributed by atoms with E-state index in [1.165, 1.54) is 33.3 Å². The Morgan fingerprint density at radius 1 is 1.04 bits per heavy atom. The Morgan fingerprint density at radius 2 is 1.68 bits per heavy atom. The molecule has 0 aliphatic carbocycles. The van der Waals surface area contributed by atoms with Gasteiger partial charge in [-0.15, -0.1) is 0 Å². The first-order valence-corrected chi connectivity index (χ1v) is 7.49. The summed E-state index contributed by atoms with van der Waals surface area (Å²) in [5, 5.41) is 0. The predicted molar refractivity (Wildman–Crippen MR) is 91.6 cm³/mol. The summed E-state index contributed by atoms with van der Waals surface area (Å²) in [6.45, 7) is 1.69. The second-order valence-corrected chi connectivity index (χ2v) is 5.30. The number of likely N-dealkylation sites (N-methyl/N-ethyl adjacent to an activating group) is 1. The maximum atomic E-state index is 12.5. The van der Waals surface area contributed by atoms with Crippen LogP contribution in [0.3, 0.4) is 0 Å². The van der Waals surface area contributed by atoms with E-state index in [2.05, 4.69) is 0 Å². The number of carbonyl (C=O) groups is 2. The summed E-state index contributed by atoms with van der Waals surface area (Å²) in [6, 6.07) is 3.42. The van der Waals surface area contributed by atoms with E-state index in [1.807, 2.05) is 0 Å². The molecule has 0 aromatic heterocycles. The zero-order valence-corrected chi connectivity index (χ0v) is 15.1. The minimum Gasteiger partial charge on any atom is -0.493 e. The SMILES string of the molecule is COC(=O)C1=C(C)N(C)C(=O)/C1=C\c1ccc(OC)c(OC)c1OC. The third-order valence-electron chi connectivity index (χ3n) is 4.09. The molecule has 1 amide bonds. The molecular weight excluding hydrogens is 326 g/mol. The molecule has 2 rings (SSSR count). The van der Waals surface area contributed by atoms with Crippen LogP contribution < -0.4 is 14.2 Å². The molecule has 7 nitrogen and oxygen atoms in total. The normalized spacial score (nSPS) is 15.7. The fraction of sp³-hybridized carbons (Fsp3) is 0.333. The lowest BCUT2D eigenvalue weighted by Crippen LogP contribution is -2.19. The quantitative estimate of drug-likeness (QED) is 0.599. The van der Waals surface area contributed by atoms with Crippen LogP contribution in [0.5, 0.6) is 17.2 Å². The average Bonchev–Trinajstić information content (AvgIpc) is 2.84. The summed E-state index contributed by atoms with van der Waals surface area (Å²) in [7, 11) is 7.39. The molecule has 7 heteroatoms. The summed E-state index contributed by atoms with van der Waals surface area (Å²) in [5.41, 5.74) is 1.57. The molecule has 1 aliphatic rings. The highest BCUT2D eigenvalue weighted by molar-refractivity contribution is 6.16. The number of rotatable bonds is 5. The summed E-state index contributed by atoms with van der Waals surface area (Å²) >= 11 is 0. The number of methoxy groups -OCH3 is 4. The van der Waals surface area contributed by atoms with Crippen LogP contribution in [-0.4, -0.2) is 52.3 Å². The number of esters is 1. The average molecular weight is 347 g/mol. The van der Waals surface area contributed by atoms with Crippen LogP contribution in [0.25, 0.3) is 6.08 Å². The van der Waals surface area contributed by atoms with Gasteiger partial charge in [0.15, 0.2) is 11.5 Å². The number of hydrogen-bond donors (Lipinski definition) is 0. The topological polar surface area (TPSA) is 74.3 Å². The van der Waals surface area contributed by atoms with E-state index < -0.39 is 5.97 Å². The molecule has 0 bridgehead atoms. The zero-order valence-electron chi connectivity index (χ0n) is 15.1. The molecule has 0 unspecified atom stereocenters. The molecule has 0 radical (unpaired) electrons. The molecule has 0 N–H and O–H groups in total. The highest BCUT2D eigenvalue weighted by Crippen LogP contribution is 2.41. The summed E-state index contributed by atoms with van der Waals surface area (Å²) < 4.78 is 20.8. The van der Waals surface area contributed by atoms with E-state index in [4.69, 9.17) is 18.9 Å². The Kier molecular flexibility index (Phi) is 5.36. The number of allylic oxidation sites excluding steroid dienone is 1. The molecule has 25 heavy (non-hydrogen) atoms. The molecule has 0 saturated heterocycles.